The quantitative estimate of drug-likeness (QED) is 0.808. The SMILES string of the molecule is O=C(NC1(c2cc(F)ccc2F)CC1)c1cc2ncccn2n1. The number of benzene rings is 1. The number of nitrogens with zero attached hydrogens (tertiary/aromatic N) is 3. The van der Waals surface area contributed by atoms with Crippen LogP contribution < -0.4 is 5.32 Å². The molecule has 23 heavy (non-hydrogen) atoms. The Morgan fingerprint density at radius 2 is 2.09 bits per heavy atom. The van der Waals surface area contributed by atoms with Crippen LogP contribution in [0.3, 0.4) is 0 Å². The van der Waals surface area contributed by atoms with Gasteiger partial charge in [-0.05, 0) is 37.1 Å². The predicted molar refractivity (Wildman–Crippen MR) is 77.7 cm³/mol. The minimum absolute atomic E-state index is 0.174. The van der Waals surface area contributed by atoms with Gasteiger partial charge in [0.05, 0.1) is 5.54 Å². The van der Waals surface area contributed by atoms with Crippen molar-refractivity contribution in [1.29, 1.82) is 0 Å². The van der Waals surface area contributed by atoms with Crippen molar-refractivity contribution in [2.24, 2.45) is 0 Å². The molecule has 0 spiro atoms. The highest BCUT2D eigenvalue weighted by molar-refractivity contribution is 5.94. The fraction of sp³-hybridized carbons (Fsp3) is 0.188. The summed E-state index contributed by atoms with van der Waals surface area (Å²) in [5, 5.41) is 6.91. The molecule has 0 radical (unpaired) electrons. The normalized spacial score (nSPS) is 15.6. The first-order chi connectivity index (χ1) is 11.1. The molecule has 0 saturated heterocycles. The van der Waals surface area contributed by atoms with Crippen LogP contribution in [0.25, 0.3) is 5.65 Å². The third-order valence-corrected chi connectivity index (χ3v) is 4.02. The predicted octanol–water partition coefficient (Wildman–Crippen LogP) is 2.43. The van der Waals surface area contributed by atoms with Crippen molar-refractivity contribution in [1.82, 2.24) is 19.9 Å². The van der Waals surface area contributed by atoms with Crippen molar-refractivity contribution in [3.8, 4) is 0 Å². The maximum atomic E-state index is 14.0. The lowest BCUT2D eigenvalue weighted by molar-refractivity contribution is 0.0924. The van der Waals surface area contributed by atoms with Crippen LogP contribution in [0.5, 0.6) is 0 Å². The highest BCUT2D eigenvalue weighted by Gasteiger charge is 2.48. The second-order valence-corrected chi connectivity index (χ2v) is 5.61. The van der Waals surface area contributed by atoms with E-state index < -0.39 is 23.1 Å². The average Bonchev–Trinajstić information content (AvgIpc) is 3.18. The Bertz CT molecular complexity index is 884. The minimum atomic E-state index is -0.855. The van der Waals surface area contributed by atoms with Crippen LogP contribution in [-0.4, -0.2) is 20.5 Å². The molecule has 7 heteroatoms. The molecule has 1 fully saturated rings. The van der Waals surface area contributed by atoms with E-state index in [1.165, 1.54) is 4.52 Å². The van der Waals surface area contributed by atoms with Crippen LogP contribution in [0.1, 0.15) is 28.9 Å². The third kappa shape index (κ3) is 2.34. The van der Waals surface area contributed by atoms with Crippen molar-refractivity contribution in [2.75, 3.05) is 0 Å². The van der Waals surface area contributed by atoms with Gasteiger partial charge in [0.2, 0.25) is 0 Å². The molecule has 2 heterocycles. The maximum absolute atomic E-state index is 14.0. The Morgan fingerprint density at radius 1 is 1.26 bits per heavy atom. The van der Waals surface area contributed by atoms with Gasteiger partial charge in [0, 0.05) is 24.0 Å². The number of amides is 1. The van der Waals surface area contributed by atoms with Crippen LogP contribution >= 0.6 is 0 Å². The Morgan fingerprint density at radius 3 is 2.83 bits per heavy atom. The van der Waals surface area contributed by atoms with Gasteiger partial charge < -0.3 is 5.32 Å². The van der Waals surface area contributed by atoms with Crippen LogP contribution in [-0.2, 0) is 5.54 Å². The van der Waals surface area contributed by atoms with Crippen LogP contribution in [0.4, 0.5) is 8.78 Å². The highest BCUT2D eigenvalue weighted by atomic mass is 19.1. The summed E-state index contributed by atoms with van der Waals surface area (Å²) >= 11 is 0. The summed E-state index contributed by atoms with van der Waals surface area (Å²) in [5.41, 5.74) is 0.0471. The molecule has 0 unspecified atom stereocenters. The number of fused-ring (bicyclic) bond motifs is 1. The summed E-state index contributed by atoms with van der Waals surface area (Å²) in [6.45, 7) is 0. The first kappa shape index (κ1) is 13.8. The minimum Gasteiger partial charge on any atom is -0.341 e. The number of rotatable bonds is 3. The molecule has 0 atom stereocenters. The third-order valence-electron chi connectivity index (χ3n) is 4.02. The Hall–Kier alpha value is -2.83. The molecule has 1 aromatic carbocycles. The summed E-state index contributed by atoms with van der Waals surface area (Å²) in [4.78, 5) is 16.5. The molecule has 0 bridgehead atoms. The van der Waals surface area contributed by atoms with Gasteiger partial charge >= 0.3 is 0 Å². The summed E-state index contributed by atoms with van der Waals surface area (Å²) in [6, 6.07) is 6.52. The largest absolute Gasteiger partial charge is 0.341 e. The fourth-order valence-corrected chi connectivity index (χ4v) is 2.67. The second-order valence-electron chi connectivity index (χ2n) is 5.61. The molecular formula is C16H12F2N4O. The molecule has 4 rings (SSSR count). The molecule has 5 nitrogen and oxygen atoms in total. The molecule has 0 aliphatic heterocycles. The van der Waals surface area contributed by atoms with Crippen molar-refractivity contribution in [3.63, 3.8) is 0 Å². The summed E-state index contributed by atoms with van der Waals surface area (Å²) < 4.78 is 28.9. The van der Waals surface area contributed by atoms with E-state index in [0.717, 1.165) is 18.2 Å². The number of hydrogen-bond acceptors (Lipinski definition) is 3. The van der Waals surface area contributed by atoms with E-state index in [-0.39, 0.29) is 11.3 Å². The lowest BCUT2D eigenvalue weighted by atomic mass is 10.0. The Labute approximate surface area is 130 Å². The number of halogens is 2. The molecule has 1 amide bonds. The van der Waals surface area contributed by atoms with E-state index in [9.17, 15) is 13.6 Å². The van der Waals surface area contributed by atoms with Gasteiger partial charge in [0.1, 0.15) is 11.6 Å². The van der Waals surface area contributed by atoms with Gasteiger partial charge in [0.25, 0.3) is 5.91 Å². The summed E-state index contributed by atoms with van der Waals surface area (Å²) in [5.74, 6) is -1.49. The highest BCUT2D eigenvalue weighted by Crippen LogP contribution is 2.46. The van der Waals surface area contributed by atoms with Crippen molar-refractivity contribution in [2.45, 2.75) is 18.4 Å². The van der Waals surface area contributed by atoms with E-state index >= 15 is 0 Å². The average molecular weight is 314 g/mol. The van der Waals surface area contributed by atoms with Gasteiger partial charge in [-0.1, -0.05) is 0 Å². The zero-order chi connectivity index (χ0) is 16.0. The lowest BCUT2D eigenvalue weighted by Crippen LogP contribution is -2.35. The lowest BCUT2D eigenvalue weighted by Gasteiger charge is -2.18. The van der Waals surface area contributed by atoms with E-state index in [4.69, 9.17) is 0 Å². The molecule has 3 aromatic rings. The van der Waals surface area contributed by atoms with Gasteiger partial charge in [-0.3, -0.25) is 4.79 Å². The number of carbonyl (C=O) groups is 1. The molecule has 1 aliphatic rings. The standard InChI is InChI=1S/C16H12F2N4O/c17-10-2-3-12(18)11(8-10)16(4-5-16)20-15(23)13-9-14-19-6-1-7-22(14)21-13/h1-3,6-9H,4-5H2,(H,20,23). The number of aromatic nitrogens is 3. The zero-order valence-electron chi connectivity index (χ0n) is 12.0. The first-order valence-electron chi connectivity index (χ1n) is 7.16. The molecule has 1 N–H and O–H groups in total. The zero-order valence-corrected chi connectivity index (χ0v) is 12.0. The van der Waals surface area contributed by atoms with Crippen LogP contribution in [0.2, 0.25) is 0 Å². The fourth-order valence-electron chi connectivity index (χ4n) is 2.67. The smallest absolute Gasteiger partial charge is 0.272 e. The topological polar surface area (TPSA) is 59.3 Å². The van der Waals surface area contributed by atoms with Gasteiger partial charge in [-0.15, -0.1) is 0 Å². The maximum Gasteiger partial charge on any atom is 0.272 e. The first-order valence-corrected chi connectivity index (χ1v) is 7.16. The Kier molecular flexibility index (Phi) is 2.90. The number of hydrogen-bond donors (Lipinski definition) is 1. The molecule has 2 aromatic heterocycles. The van der Waals surface area contributed by atoms with Crippen LogP contribution in [0, 0.1) is 11.6 Å². The van der Waals surface area contributed by atoms with Crippen molar-refractivity contribution in [3.05, 3.63) is 65.6 Å². The van der Waals surface area contributed by atoms with Gasteiger partial charge in [0.15, 0.2) is 11.3 Å². The number of nitrogens with one attached hydrogen (secondary N) is 1. The number of carbonyl (C=O) groups excluding carboxylic acids is 1. The molecular weight excluding hydrogens is 302 g/mol. The van der Waals surface area contributed by atoms with E-state index in [1.54, 1.807) is 24.5 Å². The van der Waals surface area contributed by atoms with Gasteiger partial charge in [-0.25, -0.2) is 18.3 Å². The molecule has 1 saturated carbocycles. The molecule has 1 aliphatic carbocycles. The molecule has 116 valence electrons. The summed E-state index contributed by atoms with van der Waals surface area (Å²) in [6.07, 6.45) is 4.40. The van der Waals surface area contributed by atoms with Crippen molar-refractivity contribution >= 4 is 11.6 Å². The van der Waals surface area contributed by atoms with Crippen LogP contribution in [0.15, 0.2) is 42.7 Å². The second kappa shape index (κ2) is 4.84. The van der Waals surface area contributed by atoms with E-state index in [1.807, 2.05) is 0 Å². The monoisotopic (exact) mass is 314 g/mol. The van der Waals surface area contributed by atoms with Gasteiger partial charge in [-0.2, -0.15) is 5.10 Å². The van der Waals surface area contributed by atoms with E-state index in [2.05, 4.69) is 15.4 Å². The Balaban J connectivity index is 1.64. The summed E-state index contributed by atoms with van der Waals surface area (Å²) in [7, 11) is 0. The van der Waals surface area contributed by atoms with Crippen molar-refractivity contribution < 1.29 is 13.6 Å². The van der Waals surface area contributed by atoms with E-state index in [0.29, 0.717) is 18.5 Å².